The molecule has 1 fully saturated rings. The van der Waals surface area contributed by atoms with Crippen LogP contribution in [0.2, 0.25) is 5.28 Å². The van der Waals surface area contributed by atoms with Crippen molar-refractivity contribution < 1.29 is 0 Å². The number of aromatic nitrogens is 2. The highest BCUT2D eigenvalue weighted by molar-refractivity contribution is 6.28. The molecule has 0 atom stereocenters. The molecule has 2 rings (SSSR count). The first-order chi connectivity index (χ1) is 6.31. The molecule has 1 saturated carbocycles. The molecule has 66 valence electrons. The lowest BCUT2D eigenvalue weighted by Gasteiger charge is -2.25. The predicted molar refractivity (Wildman–Crippen MR) is 48.3 cm³/mol. The van der Waals surface area contributed by atoms with Gasteiger partial charge in [-0.3, -0.25) is 0 Å². The van der Waals surface area contributed by atoms with E-state index in [0.29, 0.717) is 11.5 Å². The molecule has 13 heavy (non-hydrogen) atoms. The van der Waals surface area contributed by atoms with Gasteiger partial charge in [0.05, 0.1) is 11.3 Å². The Kier molecular flexibility index (Phi) is 2.15. The van der Waals surface area contributed by atoms with Crippen LogP contribution in [0.3, 0.4) is 0 Å². The lowest BCUT2D eigenvalue weighted by molar-refractivity contribution is 0.410. The summed E-state index contributed by atoms with van der Waals surface area (Å²) in [5, 5.41) is 9.04. The first-order valence-electron chi connectivity index (χ1n) is 4.24. The minimum absolute atomic E-state index is 0.237. The Morgan fingerprint density at radius 1 is 1.54 bits per heavy atom. The molecule has 1 aliphatic carbocycles. The molecule has 0 aromatic carbocycles. The van der Waals surface area contributed by atoms with E-state index >= 15 is 0 Å². The fraction of sp³-hybridized carbons (Fsp3) is 0.444. The van der Waals surface area contributed by atoms with Crippen molar-refractivity contribution in [2.75, 3.05) is 0 Å². The molecular formula is C9H8ClN3. The van der Waals surface area contributed by atoms with E-state index in [1.165, 1.54) is 12.6 Å². The standard InChI is InChI=1S/C9H8ClN3/c10-9-12-5-7(4-11)8(13-9)6-2-1-3-6/h5-6H,1-3H2. The zero-order chi connectivity index (χ0) is 9.26. The summed E-state index contributed by atoms with van der Waals surface area (Å²) in [5.74, 6) is 0.426. The number of nitriles is 1. The van der Waals surface area contributed by atoms with Crippen molar-refractivity contribution in [3.8, 4) is 6.07 Å². The molecule has 1 aromatic heterocycles. The highest BCUT2D eigenvalue weighted by atomic mass is 35.5. The zero-order valence-corrected chi connectivity index (χ0v) is 7.75. The quantitative estimate of drug-likeness (QED) is 0.643. The summed E-state index contributed by atoms with van der Waals surface area (Å²) in [4.78, 5) is 7.88. The molecule has 1 aliphatic rings. The van der Waals surface area contributed by atoms with E-state index in [2.05, 4.69) is 16.0 Å². The van der Waals surface area contributed by atoms with E-state index in [1.807, 2.05) is 0 Å². The van der Waals surface area contributed by atoms with Crippen LogP contribution in [0.5, 0.6) is 0 Å². The summed E-state index contributed by atoms with van der Waals surface area (Å²) < 4.78 is 0. The van der Waals surface area contributed by atoms with Gasteiger partial charge in [0.2, 0.25) is 5.28 Å². The maximum Gasteiger partial charge on any atom is 0.222 e. The molecule has 0 saturated heterocycles. The monoisotopic (exact) mass is 193 g/mol. The van der Waals surface area contributed by atoms with Crippen LogP contribution in [0.1, 0.15) is 36.4 Å². The third-order valence-corrected chi connectivity index (χ3v) is 2.58. The van der Waals surface area contributed by atoms with Crippen molar-refractivity contribution in [1.29, 1.82) is 5.26 Å². The number of hydrogen-bond acceptors (Lipinski definition) is 3. The van der Waals surface area contributed by atoms with Crippen molar-refractivity contribution >= 4 is 11.6 Å². The fourth-order valence-corrected chi connectivity index (χ4v) is 1.59. The molecule has 4 heteroatoms. The molecule has 0 unspecified atom stereocenters. The molecule has 0 bridgehead atoms. The lowest BCUT2D eigenvalue weighted by atomic mass is 9.81. The molecule has 0 aliphatic heterocycles. The van der Waals surface area contributed by atoms with Crippen LogP contribution in [-0.2, 0) is 0 Å². The summed E-state index contributed by atoms with van der Waals surface area (Å²) >= 11 is 5.67. The minimum Gasteiger partial charge on any atom is -0.225 e. The van der Waals surface area contributed by atoms with E-state index in [9.17, 15) is 0 Å². The molecule has 1 heterocycles. The van der Waals surface area contributed by atoms with Gasteiger partial charge in [-0.25, -0.2) is 9.97 Å². The van der Waals surface area contributed by atoms with Crippen LogP contribution in [-0.4, -0.2) is 9.97 Å². The predicted octanol–water partition coefficient (Wildman–Crippen LogP) is 2.27. The van der Waals surface area contributed by atoms with Crippen molar-refractivity contribution in [1.82, 2.24) is 9.97 Å². The molecule has 3 nitrogen and oxygen atoms in total. The number of rotatable bonds is 1. The molecule has 0 radical (unpaired) electrons. The smallest absolute Gasteiger partial charge is 0.222 e. The second-order valence-corrected chi connectivity index (χ2v) is 3.52. The average Bonchev–Trinajstić information content (AvgIpc) is 2.02. The maximum absolute atomic E-state index is 8.80. The van der Waals surface area contributed by atoms with Gasteiger partial charge < -0.3 is 0 Å². The molecule has 0 amide bonds. The van der Waals surface area contributed by atoms with E-state index in [0.717, 1.165) is 18.5 Å². The number of hydrogen-bond donors (Lipinski definition) is 0. The average molecular weight is 194 g/mol. The first kappa shape index (κ1) is 8.46. The summed E-state index contributed by atoms with van der Waals surface area (Å²) in [6.07, 6.45) is 4.95. The van der Waals surface area contributed by atoms with Gasteiger partial charge in [0.15, 0.2) is 0 Å². The summed E-state index contributed by atoms with van der Waals surface area (Å²) in [6.45, 7) is 0. The first-order valence-corrected chi connectivity index (χ1v) is 4.61. The van der Waals surface area contributed by atoms with Gasteiger partial charge in [-0.15, -0.1) is 0 Å². The van der Waals surface area contributed by atoms with Gasteiger partial charge in [0.25, 0.3) is 0 Å². The maximum atomic E-state index is 8.80. The van der Waals surface area contributed by atoms with Gasteiger partial charge in [-0.1, -0.05) is 6.42 Å². The van der Waals surface area contributed by atoms with Crippen LogP contribution in [0.15, 0.2) is 6.20 Å². The van der Waals surface area contributed by atoms with E-state index < -0.39 is 0 Å². The van der Waals surface area contributed by atoms with E-state index in [4.69, 9.17) is 16.9 Å². The largest absolute Gasteiger partial charge is 0.225 e. The Labute approximate surface area is 81.4 Å². The summed E-state index contributed by atoms with van der Waals surface area (Å²) in [7, 11) is 0. The zero-order valence-electron chi connectivity index (χ0n) is 7.00. The summed E-state index contributed by atoms with van der Waals surface area (Å²) in [6, 6.07) is 2.09. The topological polar surface area (TPSA) is 49.6 Å². The summed E-state index contributed by atoms with van der Waals surface area (Å²) in [5.41, 5.74) is 1.39. The van der Waals surface area contributed by atoms with Crippen molar-refractivity contribution in [2.24, 2.45) is 0 Å². The SMILES string of the molecule is N#Cc1cnc(Cl)nc1C1CCC1. The highest BCUT2D eigenvalue weighted by Gasteiger charge is 2.24. The van der Waals surface area contributed by atoms with Crippen LogP contribution in [0.25, 0.3) is 0 Å². The Morgan fingerprint density at radius 2 is 2.31 bits per heavy atom. The van der Waals surface area contributed by atoms with Crippen molar-refractivity contribution in [3.63, 3.8) is 0 Å². The second kappa shape index (κ2) is 3.31. The van der Waals surface area contributed by atoms with Gasteiger partial charge >= 0.3 is 0 Å². The van der Waals surface area contributed by atoms with Crippen LogP contribution < -0.4 is 0 Å². The van der Waals surface area contributed by atoms with E-state index in [1.54, 1.807) is 0 Å². The fourth-order valence-electron chi connectivity index (χ4n) is 1.45. The van der Waals surface area contributed by atoms with Gasteiger partial charge in [0.1, 0.15) is 6.07 Å². The molecule has 0 spiro atoms. The lowest BCUT2D eigenvalue weighted by Crippen LogP contribution is -2.13. The molecule has 1 aromatic rings. The Hall–Kier alpha value is -1.14. The second-order valence-electron chi connectivity index (χ2n) is 3.18. The highest BCUT2D eigenvalue weighted by Crippen LogP contribution is 2.36. The van der Waals surface area contributed by atoms with Crippen LogP contribution in [0, 0.1) is 11.3 Å². The normalized spacial score (nSPS) is 16.3. The molecular weight excluding hydrogens is 186 g/mol. The Bertz CT molecular complexity index is 366. The Morgan fingerprint density at radius 3 is 2.85 bits per heavy atom. The van der Waals surface area contributed by atoms with Crippen molar-refractivity contribution in [2.45, 2.75) is 25.2 Å². The van der Waals surface area contributed by atoms with Gasteiger partial charge in [-0.05, 0) is 24.4 Å². The number of halogens is 1. The van der Waals surface area contributed by atoms with Crippen LogP contribution >= 0.6 is 11.6 Å². The van der Waals surface area contributed by atoms with Crippen molar-refractivity contribution in [3.05, 3.63) is 22.7 Å². The third-order valence-electron chi connectivity index (χ3n) is 2.40. The Balaban J connectivity index is 2.41. The van der Waals surface area contributed by atoms with Gasteiger partial charge in [0, 0.05) is 12.1 Å². The van der Waals surface area contributed by atoms with Crippen LogP contribution in [0.4, 0.5) is 0 Å². The third kappa shape index (κ3) is 1.50. The molecule has 0 N–H and O–H groups in total. The van der Waals surface area contributed by atoms with E-state index in [-0.39, 0.29) is 5.28 Å². The minimum atomic E-state index is 0.237. The van der Waals surface area contributed by atoms with Gasteiger partial charge in [-0.2, -0.15) is 5.26 Å². The number of nitrogens with zero attached hydrogens (tertiary/aromatic N) is 3.